The van der Waals surface area contributed by atoms with Crippen molar-refractivity contribution in [3.8, 4) is 6.26 Å². The van der Waals surface area contributed by atoms with Gasteiger partial charge in [0, 0.05) is 17.5 Å². The zero-order chi connectivity index (χ0) is 30.8. The number of hydrogen-bond acceptors (Lipinski definition) is 10. The maximum absolute atomic E-state index is 12.9. The van der Waals surface area contributed by atoms with Crippen LogP contribution < -0.4 is 10.6 Å². The van der Waals surface area contributed by atoms with E-state index in [1.807, 2.05) is 0 Å². The lowest BCUT2D eigenvalue weighted by molar-refractivity contribution is -0.0171. The Bertz CT molecular complexity index is 1100. The monoisotopic (exact) mass is 590 g/mol. The van der Waals surface area contributed by atoms with Crippen LogP contribution in [-0.2, 0) is 28.5 Å². The topological polar surface area (TPSA) is 158 Å². The lowest BCUT2D eigenvalue weighted by Crippen LogP contribution is -2.49. The summed E-state index contributed by atoms with van der Waals surface area (Å²) in [6.45, 7) is 13.7. The largest absolute Gasteiger partial charge is 0.441 e. The Morgan fingerprint density at radius 2 is 1.31 bits per heavy atom. The van der Waals surface area contributed by atoms with Gasteiger partial charge in [-0.2, -0.15) is 5.26 Å². The van der Waals surface area contributed by atoms with Crippen LogP contribution in [0.5, 0.6) is 0 Å². The molecule has 0 aromatic rings. The number of carbonyl (C=O) groups excluding carboxylic acids is 3. The van der Waals surface area contributed by atoms with Crippen LogP contribution in [0.4, 0.5) is 9.59 Å². The van der Waals surface area contributed by atoms with Gasteiger partial charge in [0.05, 0.1) is 19.8 Å². The molecular formula is C30H46N4O8. The first-order chi connectivity index (χ1) is 19.6. The van der Waals surface area contributed by atoms with E-state index in [0.29, 0.717) is 26.0 Å². The van der Waals surface area contributed by atoms with Crippen LogP contribution in [0, 0.1) is 33.2 Å². The van der Waals surface area contributed by atoms with Gasteiger partial charge in [-0.1, -0.05) is 41.5 Å². The minimum absolute atomic E-state index is 0.0406. The van der Waals surface area contributed by atoms with Gasteiger partial charge in [-0.25, -0.2) is 19.4 Å². The van der Waals surface area contributed by atoms with E-state index in [4.69, 9.17) is 28.9 Å². The summed E-state index contributed by atoms with van der Waals surface area (Å²) in [6, 6.07) is -0.263. The molecule has 0 bridgehead atoms. The summed E-state index contributed by atoms with van der Waals surface area (Å²) >= 11 is 0. The van der Waals surface area contributed by atoms with Crippen molar-refractivity contribution in [1.82, 2.24) is 10.6 Å². The fourth-order valence-corrected chi connectivity index (χ4v) is 8.44. The summed E-state index contributed by atoms with van der Waals surface area (Å²) in [5, 5.41) is 14.8. The SMILES string of the molecule is CC1(C)CC(NC(=O)OC2COC3C(OC(=O)NC4CC(C)(C)CC(C)(COC#N)C4)COC23)CC(C)(CN=C=O)C1. The molecule has 2 saturated heterocycles. The van der Waals surface area contributed by atoms with E-state index in [2.05, 4.69) is 57.2 Å². The molecule has 4 fully saturated rings. The van der Waals surface area contributed by atoms with Gasteiger partial charge in [0.15, 0.2) is 12.2 Å². The lowest BCUT2D eigenvalue weighted by Gasteiger charge is -2.46. The van der Waals surface area contributed by atoms with Crippen LogP contribution in [0.3, 0.4) is 0 Å². The minimum Gasteiger partial charge on any atom is -0.441 e. The maximum atomic E-state index is 12.9. The molecule has 234 valence electrons. The van der Waals surface area contributed by atoms with Gasteiger partial charge >= 0.3 is 12.2 Å². The Morgan fingerprint density at radius 1 is 0.833 bits per heavy atom. The number of nitrogens with one attached hydrogen (secondary N) is 2. The standard InChI is InChI=1S/C30H46N4O8/c1-27(2)7-19(9-29(5,13-27)15-32-18-35)33-25(36)41-21-11-39-24-22(12-40-23(21)24)42-26(37)34-20-8-28(3,4)14-30(6,10-20)16-38-17-31/h19-24H,7-16H2,1-6H3,(H,33,36)(H,34,37). The average Bonchev–Trinajstić information content (AvgIpc) is 3.42. The summed E-state index contributed by atoms with van der Waals surface area (Å²) in [7, 11) is 0. The number of rotatable bonds is 8. The smallest absolute Gasteiger partial charge is 0.407 e. The predicted molar refractivity (Wildman–Crippen MR) is 150 cm³/mol. The molecule has 12 heteroatoms. The molecule has 0 aromatic heterocycles. The minimum atomic E-state index is -0.630. The second kappa shape index (κ2) is 12.4. The zero-order valence-corrected chi connectivity index (χ0v) is 25.7. The summed E-state index contributed by atoms with van der Waals surface area (Å²) in [4.78, 5) is 40.3. The van der Waals surface area contributed by atoms with Gasteiger partial charge in [0.2, 0.25) is 6.08 Å². The second-order valence-corrected chi connectivity index (χ2v) is 15.1. The third-order valence-corrected chi connectivity index (χ3v) is 9.02. The number of nitriles is 1. The van der Waals surface area contributed by atoms with Crippen LogP contribution in [-0.4, -0.2) is 81.1 Å². The van der Waals surface area contributed by atoms with E-state index in [9.17, 15) is 14.4 Å². The molecule has 2 aliphatic carbocycles. The quantitative estimate of drug-likeness (QED) is 0.242. The normalized spacial score (nSPS) is 38.2. The van der Waals surface area contributed by atoms with Crippen molar-refractivity contribution < 1.29 is 38.1 Å². The number of carbonyl (C=O) groups is 2. The highest BCUT2D eigenvalue weighted by Crippen LogP contribution is 2.47. The van der Waals surface area contributed by atoms with Crippen molar-refractivity contribution in [2.45, 2.75) is 117 Å². The van der Waals surface area contributed by atoms with E-state index in [1.54, 1.807) is 12.3 Å². The fourth-order valence-electron chi connectivity index (χ4n) is 8.44. The number of isocyanates is 1. The highest BCUT2D eigenvalue weighted by molar-refractivity contribution is 5.68. The number of fused-ring (bicyclic) bond motifs is 1. The Balaban J connectivity index is 1.27. The van der Waals surface area contributed by atoms with Crippen LogP contribution in [0.2, 0.25) is 0 Å². The van der Waals surface area contributed by atoms with Gasteiger partial charge in [0.25, 0.3) is 6.26 Å². The molecular weight excluding hydrogens is 544 g/mol. The highest BCUT2D eigenvalue weighted by atomic mass is 16.7. The van der Waals surface area contributed by atoms with Crippen molar-refractivity contribution in [1.29, 1.82) is 5.26 Å². The predicted octanol–water partition coefficient (Wildman–Crippen LogP) is 3.98. The number of amides is 2. The molecule has 12 nitrogen and oxygen atoms in total. The molecule has 0 aromatic carbocycles. The average molecular weight is 591 g/mol. The third-order valence-electron chi connectivity index (χ3n) is 9.02. The van der Waals surface area contributed by atoms with Crippen LogP contribution in [0.15, 0.2) is 4.99 Å². The Morgan fingerprint density at radius 3 is 1.79 bits per heavy atom. The van der Waals surface area contributed by atoms with Gasteiger partial charge in [-0.15, -0.1) is 0 Å². The molecule has 0 radical (unpaired) electrons. The fraction of sp³-hybridized carbons (Fsp3) is 0.867. The van der Waals surface area contributed by atoms with E-state index >= 15 is 0 Å². The van der Waals surface area contributed by atoms with Crippen LogP contribution in [0.25, 0.3) is 0 Å². The molecule has 4 rings (SSSR count). The van der Waals surface area contributed by atoms with Crippen molar-refractivity contribution in [2.24, 2.45) is 26.7 Å². The van der Waals surface area contributed by atoms with Crippen LogP contribution >= 0.6 is 0 Å². The third kappa shape index (κ3) is 8.15. The molecule has 8 atom stereocenters. The van der Waals surface area contributed by atoms with Gasteiger partial charge in [-0.3, -0.25) is 0 Å². The Labute approximate surface area is 248 Å². The molecule has 2 amide bonds. The lowest BCUT2D eigenvalue weighted by atomic mass is 9.62. The van der Waals surface area contributed by atoms with Gasteiger partial charge in [-0.05, 0) is 54.8 Å². The Hall–Kier alpha value is -2.87. The van der Waals surface area contributed by atoms with Crippen molar-refractivity contribution >= 4 is 18.3 Å². The highest BCUT2D eigenvalue weighted by Gasteiger charge is 2.52. The number of ether oxygens (including phenoxy) is 5. The maximum Gasteiger partial charge on any atom is 0.407 e. The number of aliphatic imine (C=N–C) groups is 1. The van der Waals surface area contributed by atoms with Gasteiger partial charge < -0.3 is 34.3 Å². The van der Waals surface area contributed by atoms with Crippen molar-refractivity contribution in [3.05, 3.63) is 0 Å². The molecule has 2 N–H and O–H groups in total. The first kappa shape index (κ1) is 32.1. The van der Waals surface area contributed by atoms with Crippen LogP contribution in [0.1, 0.15) is 80.1 Å². The second-order valence-electron chi connectivity index (χ2n) is 15.1. The molecule has 2 saturated carbocycles. The molecule has 8 unspecified atom stereocenters. The van der Waals surface area contributed by atoms with E-state index < -0.39 is 36.6 Å². The van der Waals surface area contributed by atoms with E-state index in [1.165, 1.54) is 0 Å². The molecule has 2 aliphatic heterocycles. The summed E-state index contributed by atoms with van der Waals surface area (Å²) in [5.41, 5.74) is -0.553. The summed E-state index contributed by atoms with van der Waals surface area (Å²) < 4.78 is 28.3. The van der Waals surface area contributed by atoms with Crippen molar-refractivity contribution in [3.63, 3.8) is 0 Å². The zero-order valence-electron chi connectivity index (χ0n) is 25.7. The number of hydrogen-bond donors (Lipinski definition) is 2. The van der Waals surface area contributed by atoms with E-state index in [-0.39, 0.29) is 47.0 Å². The molecule has 2 heterocycles. The summed E-state index contributed by atoms with van der Waals surface area (Å²) in [6.07, 6.45) is 4.60. The first-order valence-corrected chi connectivity index (χ1v) is 14.9. The molecule has 0 spiro atoms. The number of alkyl carbamates (subject to hydrolysis) is 2. The molecule has 42 heavy (non-hydrogen) atoms. The van der Waals surface area contributed by atoms with Gasteiger partial charge in [0.1, 0.15) is 18.8 Å². The summed E-state index contributed by atoms with van der Waals surface area (Å²) in [5.74, 6) is 0. The first-order valence-electron chi connectivity index (χ1n) is 14.9. The van der Waals surface area contributed by atoms with E-state index in [0.717, 1.165) is 25.7 Å². The Kier molecular flexibility index (Phi) is 9.46. The molecule has 4 aliphatic rings. The number of nitrogens with zero attached hydrogens (tertiary/aromatic N) is 2. The van der Waals surface area contributed by atoms with Crippen molar-refractivity contribution in [2.75, 3.05) is 26.4 Å².